The quantitative estimate of drug-likeness (QED) is 0.262. The number of aliphatic hydroxyl groups excluding tert-OH is 1. The molecule has 1 amide bonds. The third kappa shape index (κ3) is 4.32. The number of ether oxygens (including phenoxy) is 1. The molecule has 6 heteroatoms. The van der Waals surface area contributed by atoms with Gasteiger partial charge < -0.3 is 9.84 Å². The highest BCUT2D eigenvalue weighted by atomic mass is 35.5. The maximum absolute atomic E-state index is 13.4. The van der Waals surface area contributed by atoms with Crippen LogP contribution in [0.5, 0.6) is 5.75 Å². The highest BCUT2D eigenvalue weighted by Crippen LogP contribution is 2.43. The number of hydrogen-bond donors (Lipinski definition) is 1. The van der Waals surface area contributed by atoms with Crippen molar-refractivity contribution in [2.24, 2.45) is 0 Å². The lowest BCUT2D eigenvalue weighted by Gasteiger charge is -2.26. The first-order valence-corrected chi connectivity index (χ1v) is 12.3. The summed E-state index contributed by atoms with van der Waals surface area (Å²) in [5, 5.41) is 12.0. The molecule has 0 bridgehead atoms. The summed E-state index contributed by atoms with van der Waals surface area (Å²) in [4.78, 5) is 28.1. The Bertz CT molecular complexity index is 1330. The summed E-state index contributed by atoms with van der Waals surface area (Å²) in [6.07, 6.45) is 4.21. The Morgan fingerprint density at radius 2 is 1.74 bits per heavy atom. The molecule has 1 aliphatic carbocycles. The maximum Gasteiger partial charge on any atom is 0.300 e. The summed E-state index contributed by atoms with van der Waals surface area (Å²) in [5.41, 5.74) is 4.26. The van der Waals surface area contributed by atoms with Crippen LogP contribution in [0.15, 0.2) is 72.3 Å². The van der Waals surface area contributed by atoms with Crippen molar-refractivity contribution in [1.29, 1.82) is 0 Å². The minimum atomic E-state index is -0.812. The van der Waals surface area contributed by atoms with Crippen molar-refractivity contribution in [3.8, 4) is 5.75 Å². The molecule has 2 aliphatic rings. The molecule has 35 heavy (non-hydrogen) atoms. The molecule has 1 atom stereocenters. The second-order valence-electron chi connectivity index (χ2n) is 8.84. The third-order valence-electron chi connectivity index (χ3n) is 6.66. The second kappa shape index (κ2) is 9.59. The van der Waals surface area contributed by atoms with Crippen LogP contribution >= 0.6 is 11.6 Å². The number of benzene rings is 3. The van der Waals surface area contributed by atoms with E-state index in [1.807, 2.05) is 49.4 Å². The van der Waals surface area contributed by atoms with Crippen molar-refractivity contribution in [3.63, 3.8) is 0 Å². The molecule has 1 saturated heterocycles. The topological polar surface area (TPSA) is 66.8 Å². The first kappa shape index (κ1) is 23.2. The van der Waals surface area contributed by atoms with Crippen LogP contribution in [0.25, 0.3) is 5.76 Å². The van der Waals surface area contributed by atoms with Gasteiger partial charge in [0.25, 0.3) is 11.7 Å². The number of carbonyl (C=O) groups is 2. The summed E-state index contributed by atoms with van der Waals surface area (Å²) < 4.78 is 5.67. The number of amides is 1. The zero-order valence-corrected chi connectivity index (χ0v) is 20.2. The van der Waals surface area contributed by atoms with Gasteiger partial charge in [-0.1, -0.05) is 35.9 Å². The Balaban J connectivity index is 1.69. The molecule has 3 aromatic rings. The van der Waals surface area contributed by atoms with Crippen molar-refractivity contribution >= 4 is 34.7 Å². The third-order valence-corrected chi connectivity index (χ3v) is 6.91. The molecule has 1 unspecified atom stereocenters. The summed E-state index contributed by atoms with van der Waals surface area (Å²) >= 11 is 6.07. The molecular weight excluding hydrogens is 462 g/mol. The smallest absolute Gasteiger partial charge is 0.300 e. The number of anilines is 1. The largest absolute Gasteiger partial charge is 0.507 e. The zero-order chi connectivity index (χ0) is 24.5. The summed E-state index contributed by atoms with van der Waals surface area (Å²) in [6, 6.07) is 19.0. The Kier molecular flexibility index (Phi) is 6.35. The van der Waals surface area contributed by atoms with E-state index in [4.69, 9.17) is 16.3 Å². The predicted molar refractivity (Wildman–Crippen MR) is 137 cm³/mol. The molecule has 1 heterocycles. The number of aryl methyl sites for hydroxylation is 2. The number of nitrogens with zero attached hydrogens (tertiary/aromatic N) is 1. The molecule has 0 spiro atoms. The van der Waals surface area contributed by atoms with Gasteiger partial charge in [0.2, 0.25) is 0 Å². The lowest BCUT2D eigenvalue weighted by molar-refractivity contribution is -0.132. The van der Waals surface area contributed by atoms with E-state index in [0.717, 1.165) is 25.7 Å². The Hall–Kier alpha value is -3.57. The van der Waals surface area contributed by atoms with Gasteiger partial charge in [-0.15, -0.1) is 0 Å². The fourth-order valence-corrected chi connectivity index (χ4v) is 5.12. The zero-order valence-electron chi connectivity index (χ0n) is 19.5. The minimum absolute atomic E-state index is 0.0642. The molecule has 5 rings (SSSR count). The Labute approximate surface area is 209 Å². The van der Waals surface area contributed by atoms with E-state index in [2.05, 4.69) is 0 Å². The fourth-order valence-electron chi connectivity index (χ4n) is 4.99. The van der Waals surface area contributed by atoms with Crippen LogP contribution in [-0.4, -0.2) is 23.4 Å². The first-order chi connectivity index (χ1) is 17.0. The lowest BCUT2D eigenvalue weighted by atomic mass is 9.88. The van der Waals surface area contributed by atoms with E-state index in [0.29, 0.717) is 34.2 Å². The van der Waals surface area contributed by atoms with Crippen molar-refractivity contribution < 1.29 is 19.4 Å². The van der Waals surface area contributed by atoms with Crippen molar-refractivity contribution in [3.05, 3.63) is 99.6 Å². The summed E-state index contributed by atoms with van der Waals surface area (Å²) in [5.74, 6) is -0.957. The van der Waals surface area contributed by atoms with Crippen LogP contribution in [0, 0.1) is 0 Å². The van der Waals surface area contributed by atoms with Crippen LogP contribution in [0.2, 0.25) is 5.02 Å². The first-order valence-electron chi connectivity index (χ1n) is 11.9. The minimum Gasteiger partial charge on any atom is -0.507 e. The van der Waals surface area contributed by atoms with Gasteiger partial charge in [-0.3, -0.25) is 14.5 Å². The van der Waals surface area contributed by atoms with Gasteiger partial charge >= 0.3 is 0 Å². The predicted octanol–water partition coefficient (Wildman–Crippen LogP) is 6.24. The summed E-state index contributed by atoms with van der Waals surface area (Å²) in [6.45, 7) is 2.37. The number of carbonyl (C=O) groups excluding carboxylic acids is 2. The van der Waals surface area contributed by atoms with Crippen molar-refractivity contribution in [2.45, 2.75) is 38.6 Å². The van der Waals surface area contributed by atoms with Gasteiger partial charge in [0.05, 0.1) is 18.2 Å². The van der Waals surface area contributed by atoms with Crippen molar-refractivity contribution in [2.75, 3.05) is 11.5 Å². The maximum atomic E-state index is 13.4. The van der Waals surface area contributed by atoms with Gasteiger partial charge in [0.1, 0.15) is 11.5 Å². The Morgan fingerprint density at radius 3 is 2.49 bits per heavy atom. The van der Waals surface area contributed by atoms with E-state index in [1.165, 1.54) is 16.0 Å². The van der Waals surface area contributed by atoms with Crippen LogP contribution in [-0.2, 0) is 22.4 Å². The molecule has 5 nitrogen and oxygen atoms in total. The highest BCUT2D eigenvalue weighted by molar-refractivity contribution is 6.51. The lowest BCUT2D eigenvalue weighted by Crippen LogP contribution is -2.29. The standard InChI is InChI=1S/C29H26ClNO4/c1-2-35-24-9-5-8-20(17-24)26-25(27(32)21-11-10-18-6-3-4-7-19(18)16-21)28(33)29(34)31(26)23-14-12-22(30)13-15-23/h5,8-17,26,32H,2-4,6-7H2,1H3/b27-25-. The van der Waals surface area contributed by atoms with Gasteiger partial charge in [-0.2, -0.15) is 0 Å². The Morgan fingerprint density at radius 1 is 1.00 bits per heavy atom. The number of halogens is 1. The van der Waals surface area contributed by atoms with E-state index in [-0.39, 0.29) is 11.3 Å². The average Bonchev–Trinajstić information content (AvgIpc) is 3.14. The number of rotatable bonds is 5. The van der Waals surface area contributed by atoms with Gasteiger partial charge in [-0.25, -0.2) is 0 Å². The molecular formula is C29H26ClNO4. The van der Waals surface area contributed by atoms with Crippen molar-refractivity contribution in [1.82, 2.24) is 0 Å². The second-order valence-corrected chi connectivity index (χ2v) is 9.28. The molecule has 0 radical (unpaired) electrons. The fraction of sp³-hybridized carbons (Fsp3) is 0.241. The van der Waals surface area contributed by atoms with E-state index in [1.54, 1.807) is 24.3 Å². The van der Waals surface area contributed by atoms with Gasteiger partial charge in [-0.05, 0) is 91.8 Å². The van der Waals surface area contributed by atoms with Gasteiger partial charge in [0, 0.05) is 16.3 Å². The number of Topliss-reactive ketones (excluding diaryl/α,β-unsaturated/α-hetero) is 1. The average molecular weight is 488 g/mol. The van der Waals surface area contributed by atoms with Crippen LogP contribution in [0.4, 0.5) is 5.69 Å². The van der Waals surface area contributed by atoms with Crippen LogP contribution in [0.3, 0.4) is 0 Å². The van der Waals surface area contributed by atoms with Gasteiger partial charge in [0.15, 0.2) is 0 Å². The van der Waals surface area contributed by atoms with Crippen LogP contribution in [0.1, 0.15) is 48.1 Å². The number of aliphatic hydroxyl groups is 1. The highest BCUT2D eigenvalue weighted by Gasteiger charge is 2.47. The van der Waals surface area contributed by atoms with E-state index >= 15 is 0 Å². The number of ketones is 1. The molecule has 1 fully saturated rings. The molecule has 1 N–H and O–H groups in total. The summed E-state index contributed by atoms with van der Waals surface area (Å²) in [7, 11) is 0. The number of fused-ring (bicyclic) bond motifs is 1. The monoisotopic (exact) mass is 487 g/mol. The SMILES string of the molecule is CCOc1cccc(C2/C(=C(/O)c3ccc4c(c3)CCCC4)C(=O)C(=O)N2c2ccc(Cl)cc2)c1. The van der Waals surface area contributed by atoms with E-state index < -0.39 is 17.7 Å². The molecule has 0 saturated carbocycles. The molecule has 1 aliphatic heterocycles. The molecule has 178 valence electrons. The molecule has 0 aromatic heterocycles. The molecule has 3 aromatic carbocycles. The van der Waals surface area contributed by atoms with Crippen LogP contribution < -0.4 is 9.64 Å². The van der Waals surface area contributed by atoms with E-state index in [9.17, 15) is 14.7 Å². The normalized spacial score (nSPS) is 19.0. The number of hydrogen-bond acceptors (Lipinski definition) is 4.